The molecular formula is C17H23N5O2. The second-order valence-electron chi connectivity index (χ2n) is 6.17. The minimum absolute atomic E-state index is 0.140. The molecule has 7 heteroatoms. The number of nitrogens with zero attached hydrogens (tertiary/aromatic N) is 4. The zero-order valence-corrected chi connectivity index (χ0v) is 13.9. The van der Waals surface area contributed by atoms with Crippen LogP contribution in [0.4, 0.5) is 0 Å². The summed E-state index contributed by atoms with van der Waals surface area (Å²) < 4.78 is 7.43. The summed E-state index contributed by atoms with van der Waals surface area (Å²) in [4.78, 5) is 20.3. The minimum atomic E-state index is -0.140. The number of carbonyl (C=O) groups is 1. The van der Waals surface area contributed by atoms with Crippen molar-refractivity contribution in [2.24, 2.45) is 5.92 Å². The van der Waals surface area contributed by atoms with E-state index in [1.54, 1.807) is 24.7 Å². The average Bonchev–Trinajstić information content (AvgIpc) is 3.15. The van der Waals surface area contributed by atoms with Gasteiger partial charge in [0.1, 0.15) is 12.7 Å². The van der Waals surface area contributed by atoms with Crippen LogP contribution in [-0.2, 0) is 4.74 Å². The summed E-state index contributed by atoms with van der Waals surface area (Å²) in [5.41, 5.74) is 0.543. The first-order valence-electron chi connectivity index (χ1n) is 8.45. The van der Waals surface area contributed by atoms with Gasteiger partial charge >= 0.3 is 0 Å². The zero-order chi connectivity index (χ0) is 16.8. The fraction of sp³-hybridized carbons (Fsp3) is 0.529. The summed E-state index contributed by atoms with van der Waals surface area (Å²) in [6, 6.07) is 3.37. The number of carbonyl (C=O) groups excluding carboxylic acids is 1. The van der Waals surface area contributed by atoms with E-state index in [4.69, 9.17) is 4.74 Å². The molecule has 0 aliphatic heterocycles. The highest BCUT2D eigenvalue weighted by atomic mass is 16.5. The van der Waals surface area contributed by atoms with Crippen molar-refractivity contribution in [3.8, 4) is 5.82 Å². The molecule has 1 saturated carbocycles. The first-order chi connectivity index (χ1) is 11.7. The Kier molecular flexibility index (Phi) is 5.53. The predicted molar refractivity (Wildman–Crippen MR) is 88.9 cm³/mol. The molecule has 1 fully saturated rings. The maximum Gasteiger partial charge on any atom is 0.251 e. The van der Waals surface area contributed by atoms with Crippen molar-refractivity contribution in [2.75, 3.05) is 13.2 Å². The maximum atomic E-state index is 12.2. The van der Waals surface area contributed by atoms with E-state index in [9.17, 15) is 4.79 Å². The topological polar surface area (TPSA) is 81.9 Å². The van der Waals surface area contributed by atoms with Crippen molar-refractivity contribution in [1.82, 2.24) is 25.1 Å². The molecule has 3 rings (SSSR count). The molecule has 0 spiro atoms. The maximum absolute atomic E-state index is 12.2. The van der Waals surface area contributed by atoms with Crippen molar-refractivity contribution in [2.45, 2.75) is 38.7 Å². The molecule has 1 N–H and O–H groups in total. The quantitative estimate of drug-likeness (QED) is 0.820. The standard InChI is InChI=1S/C17H23N5O2/c1-13-4-2-3-5-15(13)24-9-8-20-17(23)14-6-7-19-16(10-14)22-12-18-11-21-22/h6-7,10-13,15H,2-5,8-9H2,1H3,(H,20,23)/t13-,15+/m0/s1. The van der Waals surface area contributed by atoms with Crippen LogP contribution in [0.25, 0.3) is 5.82 Å². The Morgan fingerprint density at radius 3 is 3.08 bits per heavy atom. The van der Waals surface area contributed by atoms with Gasteiger partial charge in [0, 0.05) is 18.3 Å². The van der Waals surface area contributed by atoms with Gasteiger partial charge in [-0.2, -0.15) is 5.10 Å². The SMILES string of the molecule is C[C@H]1CCCC[C@H]1OCCNC(=O)c1ccnc(-n2cncn2)c1. The predicted octanol–water partition coefficient (Wildman–Crippen LogP) is 1.99. The molecule has 1 aliphatic rings. The van der Waals surface area contributed by atoms with E-state index in [0.29, 0.717) is 36.6 Å². The fourth-order valence-corrected chi connectivity index (χ4v) is 3.02. The number of hydrogen-bond donors (Lipinski definition) is 1. The van der Waals surface area contributed by atoms with Crippen molar-refractivity contribution in [3.63, 3.8) is 0 Å². The Bertz CT molecular complexity index is 659. The Labute approximate surface area is 141 Å². The van der Waals surface area contributed by atoms with Gasteiger partial charge in [0.2, 0.25) is 0 Å². The largest absolute Gasteiger partial charge is 0.376 e. The van der Waals surface area contributed by atoms with E-state index in [0.717, 1.165) is 6.42 Å². The van der Waals surface area contributed by atoms with Gasteiger partial charge in [0.15, 0.2) is 5.82 Å². The molecular weight excluding hydrogens is 306 g/mol. The van der Waals surface area contributed by atoms with Crippen LogP contribution in [0.1, 0.15) is 43.0 Å². The average molecular weight is 329 g/mol. The van der Waals surface area contributed by atoms with Crippen LogP contribution in [0.2, 0.25) is 0 Å². The zero-order valence-electron chi connectivity index (χ0n) is 13.9. The first-order valence-corrected chi connectivity index (χ1v) is 8.45. The van der Waals surface area contributed by atoms with Crippen molar-refractivity contribution >= 4 is 5.91 Å². The van der Waals surface area contributed by atoms with Crippen LogP contribution in [0.15, 0.2) is 31.0 Å². The lowest BCUT2D eigenvalue weighted by Crippen LogP contribution is -2.31. The summed E-state index contributed by atoms with van der Waals surface area (Å²) >= 11 is 0. The van der Waals surface area contributed by atoms with Gasteiger partial charge in [-0.3, -0.25) is 4.79 Å². The van der Waals surface area contributed by atoms with Crippen LogP contribution in [-0.4, -0.2) is 44.9 Å². The van der Waals surface area contributed by atoms with Gasteiger partial charge < -0.3 is 10.1 Å². The second kappa shape index (κ2) is 8.01. The summed E-state index contributed by atoms with van der Waals surface area (Å²) in [7, 11) is 0. The van der Waals surface area contributed by atoms with E-state index < -0.39 is 0 Å². The molecule has 2 atom stereocenters. The van der Waals surface area contributed by atoms with Gasteiger partial charge in [-0.1, -0.05) is 19.8 Å². The summed E-state index contributed by atoms with van der Waals surface area (Å²) in [5.74, 6) is 1.03. The molecule has 0 saturated heterocycles. The van der Waals surface area contributed by atoms with E-state index in [1.807, 2.05) is 0 Å². The number of rotatable bonds is 6. The van der Waals surface area contributed by atoms with Gasteiger partial charge in [0.05, 0.1) is 12.7 Å². The highest BCUT2D eigenvalue weighted by molar-refractivity contribution is 5.94. The number of hydrogen-bond acceptors (Lipinski definition) is 5. The Morgan fingerprint density at radius 2 is 2.29 bits per heavy atom. The van der Waals surface area contributed by atoms with Gasteiger partial charge in [-0.25, -0.2) is 14.6 Å². The van der Waals surface area contributed by atoms with Crippen molar-refractivity contribution in [1.29, 1.82) is 0 Å². The molecule has 1 amide bonds. The Morgan fingerprint density at radius 1 is 1.42 bits per heavy atom. The number of aromatic nitrogens is 4. The summed E-state index contributed by atoms with van der Waals surface area (Å²) in [6.07, 6.45) is 9.79. The molecule has 0 aromatic carbocycles. The second-order valence-corrected chi connectivity index (χ2v) is 6.17. The molecule has 7 nitrogen and oxygen atoms in total. The lowest BCUT2D eigenvalue weighted by molar-refractivity contribution is -0.00293. The van der Waals surface area contributed by atoms with E-state index in [2.05, 4.69) is 27.3 Å². The Hall–Kier alpha value is -2.28. The fourth-order valence-electron chi connectivity index (χ4n) is 3.02. The summed E-state index contributed by atoms with van der Waals surface area (Å²) in [6.45, 7) is 3.29. The lowest BCUT2D eigenvalue weighted by Gasteiger charge is -2.28. The number of amides is 1. The number of pyridine rings is 1. The molecule has 2 aromatic rings. The lowest BCUT2D eigenvalue weighted by atomic mass is 9.88. The third-order valence-corrected chi connectivity index (χ3v) is 4.41. The highest BCUT2D eigenvalue weighted by Crippen LogP contribution is 2.25. The molecule has 0 unspecified atom stereocenters. The van der Waals surface area contributed by atoms with Crippen LogP contribution < -0.4 is 5.32 Å². The van der Waals surface area contributed by atoms with Crippen LogP contribution in [0, 0.1) is 5.92 Å². The first kappa shape index (κ1) is 16.6. The molecule has 24 heavy (non-hydrogen) atoms. The van der Waals surface area contributed by atoms with E-state index >= 15 is 0 Å². The van der Waals surface area contributed by atoms with Crippen LogP contribution in [0.3, 0.4) is 0 Å². The Balaban J connectivity index is 1.48. The van der Waals surface area contributed by atoms with E-state index in [1.165, 1.54) is 30.3 Å². The number of nitrogens with one attached hydrogen (secondary N) is 1. The van der Waals surface area contributed by atoms with Gasteiger partial charge in [0.25, 0.3) is 5.91 Å². The number of ether oxygens (including phenoxy) is 1. The normalized spacial score (nSPS) is 20.7. The van der Waals surface area contributed by atoms with Gasteiger partial charge in [-0.15, -0.1) is 0 Å². The van der Waals surface area contributed by atoms with Gasteiger partial charge in [-0.05, 0) is 30.9 Å². The minimum Gasteiger partial charge on any atom is -0.376 e. The molecule has 0 radical (unpaired) electrons. The molecule has 2 heterocycles. The van der Waals surface area contributed by atoms with Crippen LogP contribution in [0.5, 0.6) is 0 Å². The molecule has 1 aliphatic carbocycles. The third-order valence-electron chi connectivity index (χ3n) is 4.41. The van der Waals surface area contributed by atoms with Crippen LogP contribution >= 0.6 is 0 Å². The molecule has 128 valence electrons. The van der Waals surface area contributed by atoms with E-state index in [-0.39, 0.29) is 5.91 Å². The smallest absolute Gasteiger partial charge is 0.251 e. The highest BCUT2D eigenvalue weighted by Gasteiger charge is 2.21. The van der Waals surface area contributed by atoms with Crippen molar-refractivity contribution in [3.05, 3.63) is 36.5 Å². The summed E-state index contributed by atoms with van der Waals surface area (Å²) in [5, 5.41) is 6.90. The molecule has 2 aromatic heterocycles. The van der Waals surface area contributed by atoms with Crippen molar-refractivity contribution < 1.29 is 9.53 Å². The molecule has 0 bridgehead atoms. The third kappa shape index (κ3) is 4.17. The monoisotopic (exact) mass is 329 g/mol.